The van der Waals surface area contributed by atoms with Crippen LogP contribution in [0.3, 0.4) is 0 Å². The van der Waals surface area contributed by atoms with Crippen LogP contribution in [0.4, 0.5) is 0 Å². The van der Waals surface area contributed by atoms with Crippen molar-refractivity contribution >= 4 is 17.4 Å². The van der Waals surface area contributed by atoms with Crippen LogP contribution in [0.1, 0.15) is 37.4 Å². The van der Waals surface area contributed by atoms with Gasteiger partial charge in [0.25, 0.3) is 11.7 Å². The second-order valence-electron chi connectivity index (χ2n) is 7.28. The summed E-state index contributed by atoms with van der Waals surface area (Å²) < 4.78 is 16.1. The topological polar surface area (TPSA) is 85.3 Å². The fraction of sp³-hybridized carbons (Fsp3) is 0.360. The Morgan fingerprint density at radius 2 is 1.78 bits per heavy atom. The van der Waals surface area contributed by atoms with E-state index in [9.17, 15) is 14.7 Å². The molecule has 1 aliphatic rings. The summed E-state index contributed by atoms with van der Waals surface area (Å²) in [5, 5.41) is 11.1. The maximum Gasteiger partial charge on any atom is 0.295 e. The summed E-state index contributed by atoms with van der Waals surface area (Å²) in [6.45, 7) is 5.72. The van der Waals surface area contributed by atoms with Gasteiger partial charge in [-0.25, -0.2) is 0 Å². The smallest absolute Gasteiger partial charge is 0.295 e. The number of aliphatic hydroxyl groups is 1. The second kappa shape index (κ2) is 10.8. The highest BCUT2D eigenvalue weighted by Crippen LogP contribution is 2.40. The highest BCUT2D eigenvalue weighted by molar-refractivity contribution is 6.46. The predicted molar refractivity (Wildman–Crippen MR) is 121 cm³/mol. The summed E-state index contributed by atoms with van der Waals surface area (Å²) in [6.07, 6.45) is 0.577. The van der Waals surface area contributed by atoms with E-state index in [0.717, 1.165) is 0 Å². The fourth-order valence-corrected chi connectivity index (χ4v) is 3.78. The standard InChI is InChI=1S/C25H29NO6/c1-4-31-15-7-14-26-22(17-10-12-19(13-11-17)32-5-2)21(24(28)25(26)29)23(27)18-8-6-9-20(16-18)30-3/h6,8-13,16,22,27H,4-5,7,14-15H2,1-3H3/t22-/m0/s1. The molecule has 1 amide bonds. The Kier molecular flexibility index (Phi) is 7.89. The zero-order valence-corrected chi connectivity index (χ0v) is 18.7. The molecule has 0 radical (unpaired) electrons. The molecule has 0 spiro atoms. The molecule has 1 saturated heterocycles. The molecule has 7 heteroatoms. The summed E-state index contributed by atoms with van der Waals surface area (Å²) in [6, 6.07) is 13.3. The average molecular weight is 440 g/mol. The highest BCUT2D eigenvalue weighted by atomic mass is 16.5. The largest absolute Gasteiger partial charge is 0.507 e. The van der Waals surface area contributed by atoms with Gasteiger partial charge in [0.15, 0.2) is 0 Å². The van der Waals surface area contributed by atoms with Gasteiger partial charge in [-0.2, -0.15) is 0 Å². The van der Waals surface area contributed by atoms with E-state index >= 15 is 0 Å². The van der Waals surface area contributed by atoms with Crippen molar-refractivity contribution in [1.82, 2.24) is 4.90 Å². The van der Waals surface area contributed by atoms with Crippen LogP contribution in [0.2, 0.25) is 0 Å². The van der Waals surface area contributed by atoms with Gasteiger partial charge in [0, 0.05) is 25.3 Å². The number of ketones is 1. The Morgan fingerprint density at radius 3 is 2.44 bits per heavy atom. The number of ether oxygens (including phenoxy) is 3. The molecule has 1 N–H and O–H groups in total. The van der Waals surface area contributed by atoms with Crippen LogP contribution < -0.4 is 9.47 Å². The number of aliphatic hydroxyl groups excluding tert-OH is 1. The Hall–Kier alpha value is -3.32. The van der Waals surface area contributed by atoms with E-state index in [4.69, 9.17) is 14.2 Å². The van der Waals surface area contributed by atoms with Crippen molar-refractivity contribution in [2.24, 2.45) is 0 Å². The molecular formula is C25H29NO6. The van der Waals surface area contributed by atoms with Gasteiger partial charge in [-0.15, -0.1) is 0 Å². The first-order chi connectivity index (χ1) is 15.5. The summed E-state index contributed by atoms with van der Waals surface area (Å²) in [7, 11) is 1.52. The molecule has 0 bridgehead atoms. The quantitative estimate of drug-likeness (QED) is 0.261. The number of Topliss-reactive ketones (excluding diaryl/α,β-unsaturated/α-hetero) is 1. The molecule has 1 atom stereocenters. The molecular weight excluding hydrogens is 410 g/mol. The molecule has 0 unspecified atom stereocenters. The van der Waals surface area contributed by atoms with Crippen molar-refractivity contribution in [2.45, 2.75) is 26.3 Å². The van der Waals surface area contributed by atoms with Crippen LogP contribution in [0.15, 0.2) is 54.1 Å². The van der Waals surface area contributed by atoms with Crippen LogP contribution in [0, 0.1) is 0 Å². The lowest BCUT2D eigenvalue weighted by molar-refractivity contribution is -0.140. The van der Waals surface area contributed by atoms with Gasteiger partial charge in [-0.05, 0) is 50.1 Å². The highest BCUT2D eigenvalue weighted by Gasteiger charge is 2.45. The Morgan fingerprint density at radius 1 is 1.03 bits per heavy atom. The first-order valence-electron chi connectivity index (χ1n) is 10.7. The van der Waals surface area contributed by atoms with Gasteiger partial charge in [0.05, 0.1) is 25.3 Å². The number of methoxy groups -OCH3 is 1. The first-order valence-corrected chi connectivity index (χ1v) is 10.7. The minimum atomic E-state index is -0.710. The minimum Gasteiger partial charge on any atom is -0.507 e. The van der Waals surface area contributed by atoms with Crippen molar-refractivity contribution in [1.29, 1.82) is 0 Å². The fourth-order valence-electron chi connectivity index (χ4n) is 3.78. The Labute approximate surface area is 188 Å². The number of carbonyl (C=O) groups is 2. The molecule has 0 saturated carbocycles. The average Bonchev–Trinajstić information content (AvgIpc) is 3.07. The van der Waals surface area contributed by atoms with Crippen LogP contribution in [0.5, 0.6) is 11.5 Å². The van der Waals surface area contributed by atoms with E-state index in [2.05, 4.69) is 0 Å². The summed E-state index contributed by atoms with van der Waals surface area (Å²) in [5.74, 6) is -0.339. The number of benzene rings is 2. The van der Waals surface area contributed by atoms with Crippen molar-refractivity contribution in [3.05, 3.63) is 65.2 Å². The normalized spacial score (nSPS) is 17.6. The number of rotatable bonds is 10. The lowest BCUT2D eigenvalue weighted by atomic mass is 9.95. The molecule has 1 aliphatic heterocycles. The van der Waals surface area contributed by atoms with Crippen LogP contribution in [-0.2, 0) is 14.3 Å². The molecule has 0 aromatic heterocycles. The van der Waals surface area contributed by atoms with Gasteiger partial charge in [-0.3, -0.25) is 9.59 Å². The van der Waals surface area contributed by atoms with Gasteiger partial charge in [0.1, 0.15) is 17.3 Å². The minimum absolute atomic E-state index is 0.0591. The van der Waals surface area contributed by atoms with Crippen molar-refractivity contribution < 1.29 is 28.9 Å². The number of hydrogen-bond acceptors (Lipinski definition) is 6. The van der Waals surface area contributed by atoms with Crippen LogP contribution in [0.25, 0.3) is 5.76 Å². The molecule has 2 aromatic carbocycles. The number of nitrogens with zero attached hydrogens (tertiary/aromatic N) is 1. The monoisotopic (exact) mass is 439 g/mol. The maximum atomic E-state index is 13.0. The van der Waals surface area contributed by atoms with Crippen molar-refractivity contribution in [2.75, 3.05) is 33.5 Å². The third-order valence-electron chi connectivity index (χ3n) is 5.28. The van der Waals surface area contributed by atoms with E-state index in [1.54, 1.807) is 36.4 Å². The third-order valence-corrected chi connectivity index (χ3v) is 5.28. The van der Waals surface area contributed by atoms with Crippen LogP contribution >= 0.6 is 0 Å². The molecule has 0 aliphatic carbocycles. The molecule has 1 fully saturated rings. The van der Waals surface area contributed by atoms with E-state index in [1.807, 2.05) is 26.0 Å². The van der Waals surface area contributed by atoms with E-state index in [0.29, 0.717) is 55.4 Å². The molecule has 3 rings (SSSR count). The third kappa shape index (κ3) is 4.94. The number of amides is 1. The lowest BCUT2D eigenvalue weighted by Gasteiger charge is -2.25. The van der Waals surface area contributed by atoms with Gasteiger partial charge < -0.3 is 24.2 Å². The molecule has 2 aromatic rings. The summed E-state index contributed by atoms with van der Waals surface area (Å²) in [5.41, 5.74) is 1.19. The zero-order chi connectivity index (χ0) is 23.1. The summed E-state index contributed by atoms with van der Waals surface area (Å²) in [4.78, 5) is 27.5. The lowest BCUT2D eigenvalue weighted by Crippen LogP contribution is -2.31. The number of carbonyl (C=O) groups excluding carboxylic acids is 2. The van der Waals surface area contributed by atoms with Gasteiger partial charge in [-0.1, -0.05) is 24.3 Å². The molecule has 170 valence electrons. The maximum absolute atomic E-state index is 13.0. The van der Waals surface area contributed by atoms with E-state index in [-0.39, 0.29) is 11.3 Å². The number of hydrogen-bond donors (Lipinski definition) is 1. The molecule has 1 heterocycles. The van der Waals surface area contributed by atoms with Crippen molar-refractivity contribution in [3.63, 3.8) is 0 Å². The van der Waals surface area contributed by atoms with E-state index < -0.39 is 17.7 Å². The molecule has 32 heavy (non-hydrogen) atoms. The SMILES string of the molecule is CCOCCCN1C(=O)C(=O)C(=C(O)c2cccc(OC)c2)[C@@H]1c1ccc(OCC)cc1. The van der Waals surface area contributed by atoms with Gasteiger partial charge >= 0.3 is 0 Å². The summed E-state index contributed by atoms with van der Waals surface area (Å²) >= 11 is 0. The van der Waals surface area contributed by atoms with Crippen molar-refractivity contribution in [3.8, 4) is 11.5 Å². The predicted octanol–water partition coefficient (Wildman–Crippen LogP) is 3.94. The second-order valence-corrected chi connectivity index (χ2v) is 7.28. The van der Waals surface area contributed by atoms with E-state index in [1.165, 1.54) is 12.0 Å². The van der Waals surface area contributed by atoms with Gasteiger partial charge in [0.2, 0.25) is 0 Å². The Bertz CT molecular complexity index is 982. The van der Waals surface area contributed by atoms with Crippen LogP contribution in [-0.4, -0.2) is 55.2 Å². The number of likely N-dealkylation sites (tertiary alicyclic amines) is 1. The first kappa shape index (κ1) is 23.3. The Balaban J connectivity index is 2.05. The molecule has 7 nitrogen and oxygen atoms in total. The zero-order valence-electron chi connectivity index (χ0n) is 18.7.